The van der Waals surface area contributed by atoms with Gasteiger partial charge in [-0.25, -0.2) is 8.42 Å². The predicted octanol–water partition coefficient (Wildman–Crippen LogP) is 2.94. The standard InChI is InChI=1S/C15H17NO3S/c1-20(17,18)12-11-16-14-9-5-6-10-15(14)19-13-7-3-2-4-8-13/h2-10,16H,11-12H2,1H3. The van der Waals surface area contributed by atoms with Crippen LogP contribution in [-0.2, 0) is 9.84 Å². The third-order valence-electron chi connectivity index (χ3n) is 2.65. The molecule has 2 rings (SSSR count). The van der Waals surface area contributed by atoms with Gasteiger partial charge in [-0.1, -0.05) is 30.3 Å². The number of rotatable bonds is 6. The Kier molecular flexibility index (Phi) is 4.63. The van der Waals surface area contributed by atoms with E-state index in [2.05, 4.69) is 5.32 Å². The van der Waals surface area contributed by atoms with E-state index in [4.69, 9.17) is 4.74 Å². The van der Waals surface area contributed by atoms with Crippen LogP contribution in [-0.4, -0.2) is 27.0 Å². The van der Waals surface area contributed by atoms with Crippen molar-refractivity contribution in [3.05, 3.63) is 54.6 Å². The molecule has 0 saturated carbocycles. The van der Waals surface area contributed by atoms with Crippen LogP contribution in [0.1, 0.15) is 0 Å². The molecular formula is C15H17NO3S. The molecule has 1 N–H and O–H groups in total. The molecular weight excluding hydrogens is 274 g/mol. The highest BCUT2D eigenvalue weighted by atomic mass is 32.2. The zero-order valence-electron chi connectivity index (χ0n) is 11.2. The molecule has 20 heavy (non-hydrogen) atoms. The van der Waals surface area contributed by atoms with Crippen molar-refractivity contribution < 1.29 is 13.2 Å². The second-order valence-corrected chi connectivity index (χ2v) is 6.73. The van der Waals surface area contributed by atoms with Crippen LogP contribution in [0.15, 0.2) is 54.6 Å². The Balaban J connectivity index is 2.06. The normalized spacial score (nSPS) is 11.1. The van der Waals surface area contributed by atoms with Gasteiger partial charge in [-0.05, 0) is 24.3 Å². The molecule has 106 valence electrons. The predicted molar refractivity (Wildman–Crippen MR) is 81.2 cm³/mol. The second-order valence-electron chi connectivity index (χ2n) is 4.47. The lowest BCUT2D eigenvalue weighted by Gasteiger charge is -2.12. The second kappa shape index (κ2) is 6.43. The van der Waals surface area contributed by atoms with Crippen molar-refractivity contribution in [3.63, 3.8) is 0 Å². The fourth-order valence-electron chi connectivity index (χ4n) is 1.69. The number of ether oxygens (including phenoxy) is 1. The maximum Gasteiger partial charge on any atom is 0.150 e. The number of benzene rings is 2. The average Bonchev–Trinajstić information content (AvgIpc) is 2.40. The molecule has 0 heterocycles. The van der Waals surface area contributed by atoms with Crippen molar-refractivity contribution in [2.24, 2.45) is 0 Å². The molecule has 0 fully saturated rings. The minimum Gasteiger partial charge on any atom is -0.455 e. The Morgan fingerprint density at radius 3 is 2.35 bits per heavy atom. The van der Waals surface area contributed by atoms with Crippen LogP contribution in [0.3, 0.4) is 0 Å². The maximum absolute atomic E-state index is 11.1. The Morgan fingerprint density at radius 2 is 1.65 bits per heavy atom. The molecule has 0 aliphatic rings. The van der Waals surface area contributed by atoms with Crippen LogP contribution < -0.4 is 10.1 Å². The van der Waals surface area contributed by atoms with Gasteiger partial charge in [0.1, 0.15) is 15.6 Å². The summed E-state index contributed by atoms with van der Waals surface area (Å²) < 4.78 is 28.0. The van der Waals surface area contributed by atoms with Gasteiger partial charge in [0, 0.05) is 12.8 Å². The smallest absolute Gasteiger partial charge is 0.150 e. The van der Waals surface area contributed by atoms with E-state index in [1.165, 1.54) is 6.26 Å². The van der Waals surface area contributed by atoms with E-state index in [-0.39, 0.29) is 5.75 Å². The zero-order chi connectivity index (χ0) is 14.4. The zero-order valence-corrected chi connectivity index (χ0v) is 12.1. The van der Waals surface area contributed by atoms with E-state index in [1.54, 1.807) is 0 Å². The summed E-state index contributed by atoms with van der Waals surface area (Å²) in [5.41, 5.74) is 0.778. The molecule has 4 nitrogen and oxygen atoms in total. The Bertz CT molecular complexity index is 654. The lowest BCUT2D eigenvalue weighted by molar-refractivity contribution is 0.484. The van der Waals surface area contributed by atoms with Crippen LogP contribution in [0.4, 0.5) is 5.69 Å². The summed E-state index contributed by atoms with van der Waals surface area (Å²) in [4.78, 5) is 0. The van der Waals surface area contributed by atoms with Crippen molar-refractivity contribution in [1.29, 1.82) is 0 Å². The van der Waals surface area contributed by atoms with E-state index >= 15 is 0 Å². The molecule has 2 aromatic rings. The molecule has 0 unspecified atom stereocenters. The van der Waals surface area contributed by atoms with E-state index in [9.17, 15) is 8.42 Å². The highest BCUT2D eigenvalue weighted by molar-refractivity contribution is 7.90. The quantitative estimate of drug-likeness (QED) is 0.889. The molecule has 0 aliphatic heterocycles. The number of sulfone groups is 1. The van der Waals surface area contributed by atoms with E-state index in [0.29, 0.717) is 12.3 Å². The van der Waals surface area contributed by atoms with Crippen LogP contribution in [0, 0.1) is 0 Å². The van der Waals surface area contributed by atoms with Gasteiger partial charge in [-0.2, -0.15) is 0 Å². The summed E-state index contributed by atoms with van der Waals surface area (Å²) in [6, 6.07) is 16.9. The molecule has 0 atom stereocenters. The molecule has 0 radical (unpaired) electrons. The number of hydrogen-bond donors (Lipinski definition) is 1. The number of nitrogens with one attached hydrogen (secondary N) is 1. The SMILES string of the molecule is CS(=O)(=O)CCNc1ccccc1Oc1ccccc1. The van der Waals surface area contributed by atoms with Crippen molar-refractivity contribution in [1.82, 2.24) is 0 Å². The van der Waals surface area contributed by atoms with Crippen LogP contribution in [0.5, 0.6) is 11.5 Å². The molecule has 0 aromatic heterocycles. The van der Waals surface area contributed by atoms with E-state index in [0.717, 1.165) is 11.4 Å². The van der Waals surface area contributed by atoms with Gasteiger partial charge in [0.2, 0.25) is 0 Å². The van der Waals surface area contributed by atoms with Gasteiger partial charge in [-0.15, -0.1) is 0 Å². The molecule has 2 aromatic carbocycles. The first kappa shape index (κ1) is 14.4. The summed E-state index contributed by atoms with van der Waals surface area (Å²) in [6.07, 6.45) is 1.22. The van der Waals surface area contributed by atoms with Gasteiger partial charge in [-0.3, -0.25) is 0 Å². The van der Waals surface area contributed by atoms with Crippen molar-refractivity contribution in [3.8, 4) is 11.5 Å². The molecule has 0 spiro atoms. The molecule has 0 saturated heterocycles. The van der Waals surface area contributed by atoms with E-state index < -0.39 is 9.84 Å². The molecule has 0 aliphatic carbocycles. The van der Waals surface area contributed by atoms with Gasteiger partial charge >= 0.3 is 0 Å². The lowest BCUT2D eigenvalue weighted by Crippen LogP contribution is -2.14. The molecule has 0 amide bonds. The Morgan fingerprint density at radius 1 is 1.00 bits per heavy atom. The van der Waals surface area contributed by atoms with Crippen molar-refractivity contribution >= 4 is 15.5 Å². The summed E-state index contributed by atoms with van der Waals surface area (Å²) in [7, 11) is -2.97. The minimum absolute atomic E-state index is 0.0900. The third-order valence-corrected chi connectivity index (χ3v) is 3.59. The average molecular weight is 291 g/mol. The van der Waals surface area contributed by atoms with Crippen LogP contribution >= 0.6 is 0 Å². The lowest BCUT2D eigenvalue weighted by atomic mass is 10.3. The largest absolute Gasteiger partial charge is 0.455 e. The van der Waals surface area contributed by atoms with Gasteiger partial charge in [0.25, 0.3) is 0 Å². The fourth-order valence-corrected chi connectivity index (χ4v) is 2.16. The fraction of sp³-hybridized carbons (Fsp3) is 0.200. The third kappa shape index (κ3) is 4.59. The van der Waals surface area contributed by atoms with Crippen molar-refractivity contribution in [2.75, 3.05) is 23.9 Å². The summed E-state index contributed by atoms with van der Waals surface area (Å²) in [5.74, 6) is 1.50. The minimum atomic E-state index is -2.97. The summed E-state index contributed by atoms with van der Waals surface area (Å²) >= 11 is 0. The van der Waals surface area contributed by atoms with Crippen LogP contribution in [0.2, 0.25) is 0 Å². The molecule has 0 bridgehead atoms. The van der Waals surface area contributed by atoms with Gasteiger partial charge in [0.15, 0.2) is 5.75 Å². The van der Waals surface area contributed by atoms with E-state index in [1.807, 2.05) is 54.6 Å². The Labute approximate surface area is 119 Å². The first-order valence-corrected chi connectivity index (χ1v) is 8.34. The first-order chi connectivity index (χ1) is 9.54. The highest BCUT2D eigenvalue weighted by Gasteiger charge is 2.06. The van der Waals surface area contributed by atoms with Crippen LogP contribution in [0.25, 0.3) is 0 Å². The number of anilines is 1. The number of para-hydroxylation sites is 3. The monoisotopic (exact) mass is 291 g/mol. The highest BCUT2D eigenvalue weighted by Crippen LogP contribution is 2.28. The Hall–Kier alpha value is -2.01. The maximum atomic E-state index is 11.1. The number of hydrogen-bond acceptors (Lipinski definition) is 4. The topological polar surface area (TPSA) is 55.4 Å². The summed E-state index contributed by atoms with van der Waals surface area (Å²) in [5, 5.41) is 3.09. The van der Waals surface area contributed by atoms with Gasteiger partial charge in [0.05, 0.1) is 11.4 Å². The first-order valence-electron chi connectivity index (χ1n) is 6.28. The van der Waals surface area contributed by atoms with Gasteiger partial charge < -0.3 is 10.1 Å². The molecule has 5 heteroatoms. The summed E-state index contributed by atoms with van der Waals surface area (Å²) in [6.45, 7) is 0.355. The van der Waals surface area contributed by atoms with Crippen molar-refractivity contribution in [2.45, 2.75) is 0 Å².